The van der Waals surface area contributed by atoms with Crippen LogP contribution in [0.5, 0.6) is 5.75 Å². The van der Waals surface area contributed by atoms with Gasteiger partial charge in [-0.25, -0.2) is 4.98 Å². The number of phenolic OH excluding ortho intramolecular Hbond substituents is 1. The topological polar surface area (TPSA) is 80.0 Å². The third-order valence-corrected chi connectivity index (χ3v) is 4.37. The molecule has 0 radical (unpaired) electrons. The molecule has 4 rings (SSSR count). The summed E-state index contributed by atoms with van der Waals surface area (Å²) in [5, 5.41) is 13.6. The molecule has 0 unspecified atom stereocenters. The second kappa shape index (κ2) is 5.79. The molecule has 1 aliphatic carbocycles. The van der Waals surface area contributed by atoms with E-state index in [1.165, 1.54) is 6.07 Å². The second-order valence-corrected chi connectivity index (χ2v) is 6.40. The first-order chi connectivity index (χ1) is 11.6. The molecule has 0 spiro atoms. The molecule has 6 nitrogen and oxygen atoms in total. The van der Waals surface area contributed by atoms with Crippen LogP contribution in [0, 0.1) is 5.92 Å². The molecule has 0 aliphatic heterocycles. The predicted molar refractivity (Wildman–Crippen MR) is 92.9 cm³/mol. The summed E-state index contributed by atoms with van der Waals surface area (Å²) in [4.78, 5) is 21.0. The van der Waals surface area contributed by atoms with E-state index in [-0.39, 0.29) is 16.3 Å². The molecule has 0 atom stereocenters. The summed E-state index contributed by atoms with van der Waals surface area (Å²) in [5.41, 5.74) is 1.23. The summed E-state index contributed by atoms with van der Waals surface area (Å²) < 4.78 is 1.71. The smallest absolute Gasteiger partial charge is 0.252 e. The zero-order valence-electron chi connectivity index (χ0n) is 12.7. The van der Waals surface area contributed by atoms with Crippen molar-refractivity contribution in [2.24, 2.45) is 5.92 Å². The Balaban J connectivity index is 1.73. The molecule has 0 amide bonds. The molecule has 1 saturated carbocycles. The minimum absolute atomic E-state index is 0.0138. The first-order valence-corrected chi connectivity index (χ1v) is 8.10. The number of benzene rings is 1. The van der Waals surface area contributed by atoms with E-state index in [0.717, 1.165) is 18.2 Å². The summed E-state index contributed by atoms with van der Waals surface area (Å²) in [6, 6.07) is 8.06. The molecule has 0 bridgehead atoms. The molecular weight excluding hydrogens is 328 g/mol. The van der Waals surface area contributed by atoms with Gasteiger partial charge in [-0.3, -0.25) is 9.36 Å². The van der Waals surface area contributed by atoms with Crippen LogP contribution in [0.4, 0.5) is 11.6 Å². The number of anilines is 2. The van der Waals surface area contributed by atoms with Crippen LogP contribution < -0.4 is 10.9 Å². The molecule has 122 valence electrons. The van der Waals surface area contributed by atoms with Crippen molar-refractivity contribution < 1.29 is 5.11 Å². The van der Waals surface area contributed by atoms with Gasteiger partial charge in [-0.1, -0.05) is 11.6 Å². The third kappa shape index (κ3) is 2.92. The number of pyridine rings is 1. The van der Waals surface area contributed by atoms with Gasteiger partial charge >= 0.3 is 0 Å². The lowest BCUT2D eigenvalue weighted by Gasteiger charge is -2.10. The highest BCUT2D eigenvalue weighted by Gasteiger charge is 2.23. The van der Waals surface area contributed by atoms with Gasteiger partial charge in [-0.2, -0.15) is 4.98 Å². The third-order valence-electron chi connectivity index (χ3n) is 4.06. The lowest BCUT2D eigenvalue weighted by molar-refractivity contribution is 0.475. The van der Waals surface area contributed by atoms with Crippen LogP contribution >= 0.6 is 11.6 Å². The Morgan fingerprint density at radius 3 is 2.88 bits per heavy atom. The highest BCUT2D eigenvalue weighted by Crippen LogP contribution is 2.31. The predicted octanol–water partition coefficient (Wildman–Crippen LogP) is 3.30. The van der Waals surface area contributed by atoms with Gasteiger partial charge in [0.2, 0.25) is 5.95 Å². The number of phenols is 1. The molecule has 1 aromatic carbocycles. The van der Waals surface area contributed by atoms with Crippen LogP contribution in [-0.2, 0) is 6.54 Å². The summed E-state index contributed by atoms with van der Waals surface area (Å²) in [7, 11) is 0. The fourth-order valence-electron chi connectivity index (χ4n) is 2.58. The minimum atomic E-state index is -0.0493. The summed E-state index contributed by atoms with van der Waals surface area (Å²) in [6.45, 7) is 0.692. The van der Waals surface area contributed by atoms with Crippen LogP contribution in [-0.4, -0.2) is 19.6 Å². The fraction of sp³-hybridized carbons (Fsp3) is 0.235. The molecule has 2 aromatic heterocycles. The van der Waals surface area contributed by atoms with E-state index in [4.69, 9.17) is 11.6 Å². The zero-order valence-corrected chi connectivity index (χ0v) is 13.5. The highest BCUT2D eigenvalue weighted by atomic mass is 35.5. The van der Waals surface area contributed by atoms with Gasteiger partial charge in [0.05, 0.1) is 5.02 Å². The van der Waals surface area contributed by atoms with Crippen molar-refractivity contribution >= 4 is 34.3 Å². The fourth-order valence-corrected chi connectivity index (χ4v) is 2.76. The molecule has 7 heteroatoms. The van der Waals surface area contributed by atoms with Crippen LogP contribution in [0.15, 0.2) is 41.3 Å². The zero-order chi connectivity index (χ0) is 16.7. The maximum Gasteiger partial charge on any atom is 0.252 e. The van der Waals surface area contributed by atoms with E-state index < -0.39 is 0 Å². The van der Waals surface area contributed by atoms with Gasteiger partial charge < -0.3 is 10.4 Å². The summed E-state index contributed by atoms with van der Waals surface area (Å²) in [6.07, 6.45) is 4.01. The average Bonchev–Trinajstić information content (AvgIpc) is 3.38. The van der Waals surface area contributed by atoms with Gasteiger partial charge in [0.15, 0.2) is 0 Å². The Labute approximate surface area is 142 Å². The molecule has 3 aromatic rings. The van der Waals surface area contributed by atoms with Crippen molar-refractivity contribution in [1.29, 1.82) is 0 Å². The Kier molecular flexibility index (Phi) is 3.61. The monoisotopic (exact) mass is 342 g/mol. The standard InChI is InChI=1S/C17H15ClN4O2/c18-13-7-12(4-5-14(13)23)20-17-19-8-11-3-6-15(24)22(16(11)21-17)9-10-1-2-10/h3-8,10,23H,1-2,9H2,(H,19,20,21). The maximum atomic E-state index is 12.2. The molecule has 0 saturated heterocycles. The quantitative estimate of drug-likeness (QED) is 0.711. The average molecular weight is 343 g/mol. The number of fused-ring (bicyclic) bond motifs is 1. The number of nitrogens with zero attached hydrogens (tertiary/aromatic N) is 3. The van der Waals surface area contributed by atoms with Crippen LogP contribution in [0.1, 0.15) is 12.8 Å². The Morgan fingerprint density at radius 2 is 2.12 bits per heavy atom. The first-order valence-electron chi connectivity index (χ1n) is 7.72. The van der Waals surface area contributed by atoms with Crippen molar-refractivity contribution in [1.82, 2.24) is 14.5 Å². The number of aromatic nitrogens is 3. The van der Waals surface area contributed by atoms with E-state index in [0.29, 0.717) is 29.7 Å². The van der Waals surface area contributed by atoms with Gasteiger partial charge in [0.25, 0.3) is 5.56 Å². The number of aromatic hydroxyl groups is 1. The van der Waals surface area contributed by atoms with Gasteiger partial charge in [0.1, 0.15) is 11.4 Å². The Morgan fingerprint density at radius 1 is 1.29 bits per heavy atom. The maximum absolute atomic E-state index is 12.2. The normalized spacial score (nSPS) is 14.0. The van der Waals surface area contributed by atoms with Gasteiger partial charge in [-0.05, 0) is 43.0 Å². The molecule has 2 heterocycles. The van der Waals surface area contributed by atoms with Crippen molar-refractivity contribution in [3.8, 4) is 5.75 Å². The van der Waals surface area contributed by atoms with E-state index in [1.807, 2.05) is 0 Å². The van der Waals surface area contributed by atoms with E-state index in [9.17, 15) is 9.90 Å². The van der Waals surface area contributed by atoms with E-state index in [2.05, 4.69) is 15.3 Å². The Hall–Kier alpha value is -2.60. The van der Waals surface area contributed by atoms with Gasteiger partial charge in [-0.15, -0.1) is 0 Å². The Bertz CT molecular complexity index is 982. The number of rotatable bonds is 4. The van der Waals surface area contributed by atoms with Crippen molar-refractivity contribution in [2.75, 3.05) is 5.32 Å². The molecule has 1 aliphatic rings. The number of halogens is 1. The number of nitrogens with one attached hydrogen (secondary N) is 1. The van der Waals surface area contributed by atoms with E-state index in [1.54, 1.807) is 35.0 Å². The number of hydrogen-bond acceptors (Lipinski definition) is 5. The molecule has 24 heavy (non-hydrogen) atoms. The van der Waals surface area contributed by atoms with Crippen molar-refractivity contribution in [3.63, 3.8) is 0 Å². The molecule has 2 N–H and O–H groups in total. The minimum Gasteiger partial charge on any atom is -0.506 e. The second-order valence-electron chi connectivity index (χ2n) is 5.99. The van der Waals surface area contributed by atoms with E-state index >= 15 is 0 Å². The SMILES string of the molecule is O=c1ccc2cnc(Nc3ccc(O)c(Cl)c3)nc2n1CC1CC1. The largest absolute Gasteiger partial charge is 0.506 e. The number of hydrogen-bond donors (Lipinski definition) is 2. The summed E-state index contributed by atoms with van der Waals surface area (Å²) in [5.74, 6) is 0.954. The lowest BCUT2D eigenvalue weighted by Crippen LogP contribution is -2.21. The molecule has 1 fully saturated rings. The van der Waals surface area contributed by atoms with Crippen LogP contribution in [0.2, 0.25) is 5.02 Å². The van der Waals surface area contributed by atoms with Crippen LogP contribution in [0.3, 0.4) is 0 Å². The van der Waals surface area contributed by atoms with Crippen LogP contribution in [0.25, 0.3) is 11.0 Å². The highest BCUT2D eigenvalue weighted by molar-refractivity contribution is 6.32. The summed E-state index contributed by atoms with van der Waals surface area (Å²) >= 11 is 5.91. The van der Waals surface area contributed by atoms with Crippen molar-refractivity contribution in [3.05, 3.63) is 51.9 Å². The molecular formula is C17H15ClN4O2. The lowest BCUT2D eigenvalue weighted by atomic mass is 10.3. The van der Waals surface area contributed by atoms with Crippen molar-refractivity contribution in [2.45, 2.75) is 19.4 Å². The van der Waals surface area contributed by atoms with Gasteiger partial charge in [0, 0.05) is 29.9 Å². The first kappa shape index (κ1) is 15.0.